The average molecular weight is 536 g/mol. The summed E-state index contributed by atoms with van der Waals surface area (Å²) in [6.45, 7) is 4.65. The third-order valence-corrected chi connectivity index (χ3v) is 10.6. The SMILES string of the molecule is C[C@]12CC[C@@H]3[C@H](CCC4=CC(=O)CC[C@@]43C)[C@H]1CC[C@@H]2OC(=O)CCC(=O)N[C@@H](Cc1ccccc1)C(=O)O. The van der Waals surface area contributed by atoms with Gasteiger partial charge in [0.05, 0.1) is 6.42 Å². The Kier molecular flexibility index (Phi) is 7.71. The minimum atomic E-state index is -1.10. The Hall–Kier alpha value is -2.96. The van der Waals surface area contributed by atoms with E-state index < -0.39 is 17.9 Å². The van der Waals surface area contributed by atoms with Crippen LogP contribution in [0.15, 0.2) is 42.0 Å². The molecule has 7 heteroatoms. The molecule has 0 saturated heterocycles. The largest absolute Gasteiger partial charge is 0.480 e. The van der Waals surface area contributed by atoms with Crippen LogP contribution in [0.25, 0.3) is 0 Å². The highest BCUT2D eigenvalue weighted by Gasteiger charge is 2.59. The molecule has 2 N–H and O–H groups in total. The summed E-state index contributed by atoms with van der Waals surface area (Å²) in [6.07, 6.45) is 9.51. The summed E-state index contributed by atoms with van der Waals surface area (Å²) < 4.78 is 6.02. The first-order valence-electron chi connectivity index (χ1n) is 14.6. The van der Waals surface area contributed by atoms with Crippen LogP contribution in [-0.4, -0.2) is 40.9 Å². The fourth-order valence-electron chi connectivity index (χ4n) is 8.45. The summed E-state index contributed by atoms with van der Waals surface area (Å²) >= 11 is 0. The number of carboxylic acids is 1. The number of ether oxygens (including phenoxy) is 1. The van der Waals surface area contributed by atoms with Gasteiger partial charge in [0.25, 0.3) is 0 Å². The topological polar surface area (TPSA) is 110 Å². The van der Waals surface area contributed by atoms with E-state index in [2.05, 4.69) is 19.2 Å². The Bertz CT molecular complexity index is 1160. The summed E-state index contributed by atoms with van der Waals surface area (Å²) in [5.74, 6) is -0.00180. The number of ketones is 1. The molecule has 0 spiro atoms. The highest BCUT2D eigenvalue weighted by atomic mass is 16.5. The second-order valence-corrected chi connectivity index (χ2v) is 12.7. The maximum absolute atomic E-state index is 12.8. The number of rotatable bonds is 8. The Morgan fingerprint density at radius 1 is 1.00 bits per heavy atom. The van der Waals surface area contributed by atoms with E-state index in [1.165, 1.54) is 5.57 Å². The molecule has 0 heterocycles. The van der Waals surface area contributed by atoms with E-state index in [1.807, 2.05) is 36.4 Å². The van der Waals surface area contributed by atoms with Crippen molar-refractivity contribution in [3.8, 4) is 0 Å². The number of esters is 1. The zero-order valence-corrected chi connectivity index (χ0v) is 23.1. The summed E-state index contributed by atoms with van der Waals surface area (Å²) in [5, 5.41) is 12.1. The molecule has 3 fully saturated rings. The van der Waals surface area contributed by atoms with E-state index in [4.69, 9.17) is 4.74 Å². The van der Waals surface area contributed by atoms with Crippen molar-refractivity contribution >= 4 is 23.6 Å². The molecule has 5 rings (SSSR count). The standard InChI is InChI=1S/C32H41NO6/c1-31-16-14-22(34)19-21(31)8-9-23-24-10-11-27(32(24,2)17-15-25(23)31)39-29(36)13-12-28(35)33-26(30(37)38)18-20-6-4-3-5-7-20/h3-7,19,23-27H,8-18H2,1-2H3,(H,33,35)(H,37,38)/t23-,24-,25-,26+,27+,31+,32+/m1/s1. The van der Waals surface area contributed by atoms with Gasteiger partial charge in [0, 0.05) is 24.7 Å². The van der Waals surface area contributed by atoms with Gasteiger partial charge in [-0.15, -0.1) is 0 Å². The molecule has 1 aromatic carbocycles. The lowest BCUT2D eigenvalue weighted by atomic mass is 9.47. The summed E-state index contributed by atoms with van der Waals surface area (Å²) in [5.41, 5.74) is 2.23. The van der Waals surface area contributed by atoms with Crippen molar-refractivity contribution in [3.05, 3.63) is 47.5 Å². The van der Waals surface area contributed by atoms with Crippen molar-refractivity contribution in [2.24, 2.45) is 28.6 Å². The molecule has 4 aliphatic carbocycles. The van der Waals surface area contributed by atoms with Crippen molar-refractivity contribution in [2.75, 3.05) is 0 Å². The van der Waals surface area contributed by atoms with Crippen molar-refractivity contribution in [1.82, 2.24) is 5.32 Å². The smallest absolute Gasteiger partial charge is 0.326 e. The first kappa shape index (κ1) is 27.6. The number of aliphatic carboxylic acids is 1. The van der Waals surface area contributed by atoms with Gasteiger partial charge in [-0.25, -0.2) is 4.79 Å². The Morgan fingerprint density at radius 2 is 1.77 bits per heavy atom. The van der Waals surface area contributed by atoms with E-state index >= 15 is 0 Å². The van der Waals surface area contributed by atoms with Crippen LogP contribution in [0.1, 0.15) is 83.6 Å². The lowest BCUT2D eigenvalue weighted by molar-refractivity contribution is -0.160. The first-order chi connectivity index (χ1) is 18.6. The first-order valence-corrected chi connectivity index (χ1v) is 14.6. The van der Waals surface area contributed by atoms with Crippen LogP contribution in [0.3, 0.4) is 0 Å². The Labute approximate surface area is 230 Å². The number of carboxylic acid groups (broad SMARTS) is 1. The zero-order chi connectivity index (χ0) is 27.8. The maximum Gasteiger partial charge on any atom is 0.326 e. The van der Waals surface area contributed by atoms with Crippen LogP contribution >= 0.6 is 0 Å². The molecule has 210 valence electrons. The van der Waals surface area contributed by atoms with Gasteiger partial charge in [-0.2, -0.15) is 0 Å². The lowest BCUT2D eigenvalue weighted by Gasteiger charge is -2.57. The highest BCUT2D eigenvalue weighted by Crippen LogP contribution is 2.65. The summed E-state index contributed by atoms with van der Waals surface area (Å²) in [7, 11) is 0. The van der Waals surface area contributed by atoms with Gasteiger partial charge in [0.2, 0.25) is 5.91 Å². The fraction of sp³-hybridized carbons (Fsp3) is 0.625. The molecule has 0 unspecified atom stereocenters. The van der Waals surface area contributed by atoms with E-state index in [0.29, 0.717) is 24.2 Å². The Morgan fingerprint density at radius 3 is 2.51 bits per heavy atom. The van der Waals surface area contributed by atoms with E-state index in [-0.39, 0.29) is 47.9 Å². The van der Waals surface area contributed by atoms with Crippen LogP contribution in [0.4, 0.5) is 0 Å². The zero-order valence-electron chi connectivity index (χ0n) is 23.1. The van der Waals surface area contributed by atoms with Crippen LogP contribution in [-0.2, 0) is 30.3 Å². The molecule has 1 aromatic rings. The van der Waals surface area contributed by atoms with Gasteiger partial charge in [-0.3, -0.25) is 14.4 Å². The van der Waals surface area contributed by atoms with E-state index in [9.17, 15) is 24.3 Å². The molecule has 3 saturated carbocycles. The number of carbonyl (C=O) groups excluding carboxylic acids is 3. The van der Waals surface area contributed by atoms with Crippen LogP contribution < -0.4 is 5.32 Å². The molecule has 0 aliphatic heterocycles. The molecule has 1 amide bonds. The predicted molar refractivity (Wildman–Crippen MR) is 146 cm³/mol. The number of carbonyl (C=O) groups is 4. The number of hydrogen-bond acceptors (Lipinski definition) is 5. The number of amides is 1. The predicted octanol–water partition coefficient (Wildman–Crippen LogP) is 5.02. The normalized spacial score (nSPS) is 34.1. The van der Waals surface area contributed by atoms with Gasteiger partial charge in [0.15, 0.2) is 5.78 Å². The van der Waals surface area contributed by atoms with E-state index in [1.54, 1.807) is 0 Å². The monoisotopic (exact) mass is 535 g/mol. The Balaban J connectivity index is 1.15. The van der Waals surface area contributed by atoms with Crippen LogP contribution in [0.5, 0.6) is 0 Å². The maximum atomic E-state index is 12.8. The third kappa shape index (κ3) is 5.42. The number of allylic oxidation sites excluding steroid dienone is 1. The van der Waals surface area contributed by atoms with Gasteiger partial charge in [-0.1, -0.05) is 49.8 Å². The van der Waals surface area contributed by atoms with Crippen molar-refractivity contribution < 1.29 is 29.0 Å². The average Bonchev–Trinajstić information content (AvgIpc) is 3.24. The molecular formula is C32H41NO6. The van der Waals surface area contributed by atoms with Crippen LogP contribution in [0.2, 0.25) is 0 Å². The van der Waals surface area contributed by atoms with E-state index in [0.717, 1.165) is 50.5 Å². The highest BCUT2D eigenvalue weighted by molar-refractivity contribution is 5.91. The number of nitrogens with one attached hydrogen (secondary N) is 1. The van der Waals surface area contributed by atoms with Gasteiger partial charge in [-0.05, 0) is 79.8 Å². The molecule has 0 bridgehead atoms. The summed E-state index contributed by atoms with van der Waals surface area (Å²) in [6, 6.07) is 8.10. The third-order valence-electron chi connectivity index (χ3n) is 10.6. The number of fused-ring (bicyclic) bond motifs is 5. The molecule has 7 atom stereocenters. The van der Waals surface area contributed by atoms with Crippen LogP contribution in [0, 0.1) is 28.6 Å². The molecule has 7 nitrogen and oxygen atoms in total. The molecule has 4 aliphatic rings. The fourth-order valence-corrected chi connectivity index (χ4v) is 8.45. The lowest BCUT2D eigenvalue weighted by Crippen LogP contribution is -2.51. The molecular weight excluding hydrogens is 494 g/mol. The van der Waals surface area contributed by atoms with Gasteiger partial charge in [0.1, 0.15) is 12.1 Å². The number of hydrogen-bond donors (Lipinski definition) is 2. The minimum absolute atomic E-state index is 0.0624. The van der Waals surface area contributed by atoms with Crippen molar-refractivity contribution in [1.29, 1.82) is 0 Å². The number of benzene rings is 1. The second-order valence-electron chi connectivity index (χ2n) is 12.7. The molecule has 39 heavy (non-hydrogen) atoms. The minimum Gasteiger partial charge on any atom is -0.480 e. The van der Waals surface area contributed by atoms with Crippen molar-refractivity contribution in [3.63, 3.8) is 0 Å². The van der Waals surface area contributed by atoms with Crippen molar-refractivity contribution in [2.45, 2.75) is 96.6 Å². The second kappa shape index (κ2) is 10.9. The van der Waals surface area contributed by atoms with Gasteiger partial charge >= 0.3 is 11.9 Å². The molecule has 0 radical (unpaired) electrons. The molecule has 0 aromatic heterocycles. The van der Waals surface area contributed by atoms with Gasteiger partial charge < -0.3 is 15.2 Å². The summed E-state index contributed by atoms with van der Waals surface area (Å²) in [4.78, 5) is 49.1. The quantitative estimate of drug-likeness (QED) is 0.452.